The van der Waals surface area contributed by atoms with Gasteiger partial charge in [0.05, 0.1) is 10.6 Å². The van der Waals surface area contributed by atoms with Crippen LogP contribution in [0, 0.1) is 17.7 Å². The van der Waals surface area contributed by atoms with E-state index in [1.807, 2.05) is 6.92 Å². The molecule has 8 heteroatoms. The van der Waals surface area contributed by atoms with E-state index in [9.17, 15) is 18.8 Å². The summed E-state index contributed by atoms with van der Waals surface area (Å²) in [4.78, 5) is 41.0. The van der Waals surface area contributed by atoms with Crippen molar-refractivity contribution in [3.63, 3.8) is 0 Å². The van der Waals surface area contributed by atoms with E-state index in [2.05, 4.69) is 5.32 Å². The number of amides is 3. The Morgan fingerprint density at radius 3 is 2.26 bits per heavy atom. The number of anilines is 1. The van der Waals surface area contributed by atoms with Gasteiger partial charge in [0.1, 0.15) is 5.82 Å². The zero-order valence-electron chi connectivity index (χ0n) is 17.1. The highest BCUT2D eigenvalue weighted by Crippen LogP contribution is 2.38. The van der Waals surface area contributed by atoms with Crippen molar-refractivity contribution in [3.8, 4) is 0 Å². The summed E-state index contributed by atoms with van der Waals surface area (Å²) >= 11 is 6.00. The quantitative estimate of drug-likeness (QED) is 0.783. The van der Waals surface area contributed by atoms with E-state index >= 15 is 0 Å². The molecule has 1 saturated carbocycles. The van der Waals surface area contributed by atoms with Gasteiger partial charge < -0.3 is 15.1 Å². The molecule has 1 heterocycles. The Kier molecular flexibility index (Phi) is 5.96. The smallest absolute Gasteiger partial charge is 0.255 e. The molecule has 2 aliphatic rings. The molecule has 1 aliphatic heterocycles. The molecule has 1 aliphatic carbocycles. The van der Waals surface area contributed by atoms with Gasteiger partial charge >= 0.3 is 0 Å². The average Bonchev–Trinajstić information content (AvgIpc) is 3.50. The van der Waals surface area contributed by atoms with Crippen molar-refractivity contribution in [2.24, 2.45) is 11.8 Å². The Morgan fingerprint density at radius 1 is 1.00 bits per heavy atom. The third kappa shape index (κ3) is 4.71. The van der Waals surface area contributed by atoms with Gasteiger partial charge in [-0.15, -0.1) is 0 Å². The lowest BCUT2D eigenvalue weighted by Gasteiger charge is -2.35. The Labute approximate surface area is 185 Å². The first kappa shape index (κ1) is 21.3. The zero-order chi connectivity index (χ0) is 22.1. The second-order valence-electron chi connectivity index (χ2n) is 8.10. The number of halogens is 2. The van der Waals surface area contributed by atoms with Gasteiger partial charge in [-0.25, -0.2) is 4.39 Å². The van der Waals surface area contributed by atoms with Gasteiger partial charge in [0.2, 0.25) is 5.91 Å². The van der Waals surface area contributed by atoms with Gasteiger partial charge in [-0.1, -0.05) is 24.6 Å². The van der Waals surface area contributed by atoms with Crippen LogP contribution in [0.1, 0.15) is 34.1 Å². The molecular weight excluding hydrogens is 421 g/mol. The van der Waals surface area contributed by atoms with Gasteiger partial charge in [0.25, 0.3) is 11.8 Å². The summed E-state index contributed by atoms with van der Waals surface area (Å²) in [6.07, 6.45) is 0.899. The van der Waals surface area contributed by atoms with Gasteiger partial charge in [0, 0.05) is 43.3 Å². The molecule has 1 saturated heterocycles. The van der Waals surface area contributed by atoms with Crippen LogP contribution in [-0.2, 0) is 4.79 Å². The van der Waals surface area contributed by atoms with Crippen LogP contribution in [0.5, 0.6) is 0 Å². The summed E-state index contributed by atoms with van der Waals surface area (Å²) in [6, 6.07) is 10.6. The molecule has 0 radical (unpaired) electrons. The van der Waals surface area contributed by atoms with Crippen LogP contribution >= 0.6 is 11.6 Å². The number of rotatable bonds is 4. The van der Waals surface area contributed by atoms with Crippen LogP contribution in [0.4, 0.5) is 10.1 Å². The van der Waals surface area contributed by atoms with E-state index in [1.54, 1.807) is 34.1 Å². The van der Waals surface area contributed by atoms with Crippen molar-refractivity contribution in [2.45, 2.75) is 13.3 Å². The van der Waals surface area contributed by atoms with Gasteiger partial charge in [-0.05, 0) is 48.7 Å². The summed E-state index contributed by atoms with van der Waals surface area (Å²) in [6.45, 7) is 3.50. The first-order valence-corrected chi connectivity index (χ1v) is 10.7. The maximum Gasteiger partial charge on any atom is 0.255 e. The highest BCUT2D eigenvalue weighted by Gasteiger charge is 2.39. The SMILES string of the molecule is CC1CC1C(=O)Nc1cccc(C(=O)N2CCN(C(=O)c3ccc(F)cc3Cl)CC2)c1. The predicted molar refractivity (Wildman–Crippen MR) is 116 cm³/mol. The van der Waals surface area contributed by atoms with Crippen molar-refractivity contribution in [2.75, 3.05) is 31.5 Å². The van der Waals surface area contributed by atoms with Gasteiger partial charge in [0.15, 0.2) is 0 Å². The molecule has 2 unspecified atom stereocenters. The van der Waals surface area contributed by atoms with E-state index in [0.29, 0.717) is 43.3 Å². The first-order valence-electron chi connectivity index (χ1n) is 10.3. The van der Waals surface area contributed by atoms with Gasteiger partial charge in [-0.3, -0.25) is 14.4 Å². The second kappa shape index (κ2) is 8.67. The Morgan fingerprint density at radius 2 is 1.65 bits per heavy atom. The molecule has 1 N–H and O–H groups in total. The normalized spacial score (nSPS) is 20.4. The third-order valence-electron chi connectivity index (χ3n) is 5.84. The number of carbonyl (C=O) groups is 3. The molecular formula is C23H23ClFN3O3. The summed E-state index contributed by atoms with van der Waals surface area (Å²) < 4.78 is 13.2. The molecule has 2 fully saturated rings. The Balaban J connectivity index is 1.36. The zero-order valence-corrected chi connectivity index (χ0v) is 17.9. The molecule has 0 bridgehead atoms. The fraction of sp³-hybridized carbons (Fsp3) is 0.348. The first-order chi connectivity index (χ1) is 14.8. The van der Waals surface area contributed by atoms with Crippen LogP contribution in [0.25, 0.3) is 0 Å². The number of hydrogen-bond donors (Lipinski definition) is 1. The highest BCUT2D eigenvalue weighted by atomic mass is 35.5. The lowest BCUT2D eigenvalue weighted by Crippen LogP contribution is -2.50. The van der Waals surface area contributed by atoms with Crippen LogP contribution in [0.15, 0.2) is 42.5 Å². The standard InChI is InChI=1S/C23H23ClFN3O3/c1-14-11-19(14)21(29)26-17-4-2-3-15(12-17)22(30)27-7-9-28(10-8-27)23(31)18-6-5-16(25)13-20(18)24/h2-6,12-14,19H,7-11H2,1H3,(H,26,29). The number of nitrogens with one attached hydrogen (secondary N) is 1. The highest BCUT2D eigenvalue weighted by molar-refractivity contribution is 6.33. The fourth-order valence-electron chi connectivity index (χ4n) is 3.78. The number of benzene rings is 2. The maximum atomic E-state index is 13.2. The predicted octanol–water partition coefficient (Wildman–Crippen LogP) is 3.67. The lowest BCUT2D eigenvalue weighted by molar-refractivity contribution is -0.117. The average molecular weight is 444 g/mol. The molecule has 0 spiro atoms. The minimum absolute atomic E-state index is 0.0105. The largest absolute Gasteiger partial charge is 0.335 e. The molecule has 162 valence electrons. The molecule has 0 aromatic heterocycles. The summed E-state index contributed by atoms with van der Waals surface area (Å²) in [7, 11) is 0. The second-order valence-corrected chi connectivity index (χ2v) is 8.51. The summed E-state index contributed by atoms with van der Waals surface area (Å²) in [5.74, 6) is -0.474. The Bertz CT molecular complexity index is 1040. The molecule has 31 heavy (non-hydrogen) atoms. The maximum absolute atomic E-state index is 13.2. The monoisotopic (exact) mass is 443 g/mol. The number of hydrogen-bond acceptors (Lipinski definition) is 3. The topological polar surface area (TPSA) is 69.7 Å². The minimum atomic E-state index is -0.498. The molecule has 2 aromatic rings. The van der Waals surface area contributed by atoms with Crippen molar-refractivity contribution < 1.29 is 18.8 Å². The van der Waals surface area contributed by atoms with Crippen molar-refractivity contribution in [1.82, 2.24) is 9.80 Å². The molecule has 2 atom stereocenters. The summed E-state index contributed by atoms with van der Waals surface area (Å²) in [5.41, 5.74) is 1.34. The summed E-state index contributed by atoms with van der Waals surface area (Å²) in [5, 5.41) is 2.95. The van der Waals surface area contributed by atoms with E-state index in [1.165, 1.54) is 12.1 Å². The van der Waals surface area contributed by atoms with E-state index < -0.39 is 5.82 Å². The van der Waals surface area contributed by atoms with E-state index in [-0.39, 0.29) is 34.2 Å². The fourth-order valence-corrected chi connectivity index (χ4v) is 4.03. The minimum Gasteiger partial charge on any atom is -0.335 e. The van der Waals surface area contributed by atoms with Crippen molar-refractivity contribution in [1.29, 1.82) is 0 Å². The molecule has 2 aromatic carbocycles. The lowest BCUT2D eigenvalue weighted by atomic mass is 10.1. The van der Waals surface area contributed by atoms with E-state index in [4.69, 9.17) is 11.6 Å². The molecule has 6 nitrogen and oxygen atoms in total. The number of nitrogens with zero attached hydrogens (tertiary/aromatic N) is 2. The number of piperazine rings is 1. The van der Waals surface area contributed by atoms with E-state index in [0.717, 1.165) is 12.5 Å². The third-order valence-corrected chi connectivity index (χ3v) is 6.15. The van der Waals surface area contributed by atoms with Crippen molar-refractivity contribution in [3.05, 3.63) is 64.4 Å². The Hall–Kier alpha value is -2.93. The van der Waals surface area contributed by atoms with Crippen LogP contribution in [0.2, 0.25) is 5.02 Å². The van der Waals surface area contributed by atoms with Crippen LogP contribution in [-0.4, -0.2) is 53.7 Å². The molecule has 4 rings (SSSR count). The molecule has 3 amide bonds. The van der Waals surface area contributed by atoms with Crippen LogP contribution < -0.4 is 5.32 Å². The van der Waals surface area contributed by atoms with Crippen LogP contribution in [0.3, 0.4) is 0 Å². The number of carbonyl (C=O) groups excluding carboxylic acids is 3. The van der Waals surface area contributed by atoms with Crippen molar-refractivity contribution >= 4 is 35.0 Å². The van der Waals surface area contributed by atoms with Gasteiger partial charge in [-0.2, -0.15) is 0 Å².